The van der Waals surface area contributed by atoms with Crippen LogP contribution in [0.3, 0.4) is 0 Å². The Balaban J connectivity index is 1.43. The van der Waals surface area contributed by atoms with Gasteiger partial charge in [0, 0.05) is 37.0 Å². The molecule has 1 fully saturated rings. The van der Waals surface area contributed by atoms with Crippen molar-refractivity contribution in [1.82, 2.24) is 20.0 Å². The number of nitrogens with zero attached hydrogens (tertiary/aromatic N) is 4. The third-order valence-electron chi connectivity index (χ3n) is 4.85. The number of pyridine rings is 1. The highest BCUT2D eigenvalue weighted by molar-refractivity contribution is 5.79. The molecule has 1 saturated heterocycles. The number of likely N-dealkylation sites (tertiary alicyclic amines) is 1. The lowest BCUT2D eigenvalue weighted by molar-refractivity contribution is -0.131. The topological polar surface area (TPSA) is 72.1 Å². The summed E-state index contributed by atoms with van der Waals surface area (Å²) in [6.45, 7) is 1.09. The van der Waals surface area contributed by atoms with Crippen molar-refractivity contribution in [3.63, 3.8) is 0 Å². The van der Waals surface area contributed by atoms with E-state index in [1.54, 1.807) is 29.4 Å². The Morgan fingerprint density at radius 1 is 1.18 bits per heavy atom. The van der Waals surface area contributed by atoms with Crippen LogP contribution in [-0.2, 0) is 11.2 Å². The van der Waals surface area contributed by atoms with Gasteiger partial charge < -0.3 is 9.42 Å². The van der Waals surface area contributed by atoms with E-state index >= 15 is 0 Å². The molecule has 0 bridgehead atoms. The van der Waals surface area contributed by atoms with Crippen molar-refractivity contribution in [1.29, 1.82) is 0 Å². The van der Waals surface area contributed by atoms with Crippen molar-refractivity contribution in [2.45, 2.75) is 25.2 Å². The number of carbonyl (C=O) groups is 1. The molecule has 1 amide bonds. The van der Waals surface area contributed by atoms with Crippen LogP contribution in [0.15, 0.2) is 47.2 Å². The van der Waals surface area contributed by atoms with Crippen LogP contribution in [0.25, 0.3) is 11.5 Å². The average Bonchev–Trinajstić information content (AvgIpc) is 3.22. The normalized spacial score (nSPS) is 16.9. The number of hydrogen-bond acceptors (Lipinski definition) is 5. The first-order valence-electron chi connectivity index (χ1n) is 9.06. The Morgan fingerprint density at radius 2 is 2.00 bits per heavy atom. The van der Waals surface area contributed by atoms with Gasteiger partial charge in [-0.3, -0.25) is 9.78 Å². The average molecular weight is 384 g/mol. The summed E-state index contributed by atoms with van der Waals surface area (Å²) in [6, 6.07) is 7.11. The summed E-state index contributed by atoms with van der Waals surface area (Å²) in [5.74, 6) is -1.04. The van der Waals surface area contributed by atoms with E-state index in [-0.39, 0.29) is 18.2 Å². The summed E-state index contributed by atoms with van der Waals surface area (Å²) in [7, 11) is 0. The number of hydrogen-bond donors (Lipinski definition) is 0. The first-order valence-corrected chi connectivity index (χ1v) is 9.06. The molecule has 0 spiro atoms. The molecule has 144 valence electrons. The SMILES string of the molecule is O=C(Cc1ccc(F)c(F)c1)N1CCCC(c2noc(-c3ccncc3)n2)C1. The molecule has 3 aromatic rings. The number of piperidine rings is 1. The molecule has 0 radical (unpaired) electrons. The molecular formula is C20H18F2N4O2. The maximum Gasteiger partial charge on any atom is 0.258 e. The van der Waals surface area contributed by atoms with Gasteiger partial charge in [0.15, 0.2) is 17.5 Å². The molecule has 6 nitrogen and oxygen atoms in total. The van der Waals surface area contributed by atoms with E-state index < -0.39 is 11.6 Å². The van der Waals surface area contributed by atoms with Gasteiger partial charge in [-0.05, 0) is 42.7 Å². The minimum absolute atomic E-state index is 0.0259. The van der Waals surface area contributed by atoms with Gasteiger partial charge in [0.05, 0.1) is 6.42 Å². The fourth-order valence-corrected chi connectivity index (χ4v) is 3.36. The Bertz CT molecular complexity index is 977. The monoisotopic (exact) mass is 384 g/mol. The largest absolute Gasteiger partial charge is 0.342 e. The molecule has 28 heavy (non-hydrogen) atoms. The van der Waals surface area contributed by atoms with Gasteiger partial charge >= 0.3 is 0 Å². The number of aromatic nitrogens is 3. The molecule has 4 rings (SSSR count). The summed E-state index contributed by atoms with van der Waals surface area (Å²) in [5.41, 5.74) is 1.24. The van der Waals surface area contributed by atoms with E-state index in [2.05, 4.69) is 15.1 Å². The van der Waals surface area contributed by atoms with Crippen LogP contribution >= 0.6 is 0 Å². The minimum Gasteiger partial charge on any atom is -0.342 e. The standard InChI is InChI=1S/C20H18F2N4O2/c21-16-4-3-13(10-17(16)22)11-18(27)26-9-1-2-15(12-26)19-24-20(28-25-19)14-5-7-23-8-6-14/h3-8,10,15H,1-2,9,11-12H2. The van der Waals surface area contributed by atoms with E-state index in [0.717, 1.165) is 30.5 Å². The van der Waals surface area contributed by atoms with Gasteiger partial charge in [0.25, 0.3) is 5.89 Å². The predicted octanol–water partition coefficient (Wildman–Crippen LogP) is 3.36. The molecule has 0 saturated carbocycles. The number of halogens is 2. The highest BCUT2D eigenvalue weighted by Gasteiger charge is 2.28. The fourth-order valence-electron chi connectivity index (χ4n) is 3.36. The molecule has 8 heteroatoms. The minimum atomic E-state index is -0.947. The molecule has 0 aliphatic carbocycles. The smallest absolute Gasteiger partial charge is 0.258 e. The molecule has 0 N–H and O–H groups in total. The molecule has 1 aromatic carbocycles. The van der Waals surface area contributed by atoms with Gasteiger partial charge in [-0.1, -0.05) is 11.2 Å². The lowest BCUT2D eigenvalue weighted by Crippen LogP contribution is -2.40. The number of benzene rings is 1. The van der Waals surface area contributed by atoms with Crippen LogP contribution in [0.5, 0.6) is 0 Å². The Morgan fingerprint density at radius 3 is 2.79 bits per heavy atom. The summed E-state index contributed by atoms with van der Waals surface area (Å²) < 4.78 is 31.8. The first kappa shape index (κ1) is 18.2. The van der Waals surface area contributed by atoms with Crippen LogP contribution in [0.1, 0.15) is 30.1 Å². The summed E-state index contributed by atoms with van der Waals surface area (Å²) >= 11 is 0. The van der Waals surface area contributed by atoms with E-state index in [9.17, 15) is 13.6 Å². The lowest BCUT2D eigenvalue weighted by atomic mass is 9.96. The third-order valence-corrected chi connectivity index (χ3v) is 4.85. The van der Waals surface area contributed by atoms with Crippen molar-refractivity contribution in [3.8, 4) is 11.5 Å². The Hall–Kier alpha value is -3.16. The second-order valence-electron chi connectivity index (χ2n) is 6.80. The molecule has 1 unspecified atom stereocenters. The maximum atomic E-state index is 13.4. The summed E-state index contributed by atoms with van der Waals surface area (Å²) in [5, 5.41) is 4.08. The molecule has 3 heterocycles. The van der Waals surface area contributed by atoms with Gasteiger partial charge in [0.2, 0.25) is 5.91 Å². The highest BCUT2D eigenvalue weighted by Crippen LogP contribution is 2.27. The zero-order valence-electron chi connectivity index (χ0n) is 15.0. The number of amides is 1. The van der Waals surface area contributed by atoms with Gasteiger partial charge in [-0.25, -0.2) is 8.78 Å². The van der Waals surface area contributed by atoms with Crippen LogP contribution < -0.4 is 0 Å². The van der Waals surface area contributed by atoms with Crippen molar-refractivity contribution in [2.24, 2.45) is 0 Å². The zero-order valence-corrected chi connectivity index (χ0v) is 15.0. The number of rotatable bonds is 4. The van der Waals surface area contributed by atoms with E-state index in [1.165, 1.54) is 6.07 Å². The molecular weight excluding hydrogens is 366 g/mol. The molecule has 1 aliphatic rings. The van der Waals surface area contributed by atoms with Gasteiger partial charge in [0.1, 0.15) is 0 Å². The van der Waals surface area contributed by atoms with Crippen molar-refractivity contribution in [2.75, 3.05) is 13.1 Å². The Labute approximate surface area is 160 Å². The number of carbonyl (C=O) groups excluding carboxylic acids is 1. The Kier molecular flexibility index (Phi) is 5.10. The van der Waals surface area contributed by atoms with E-state index in [1.807, 2.05) is 0 Å². The molecule has 1 atom stereocenters. The van der Waals surface area contributed by atoms with E-state index in [4.69, 9.17) is 4.52 Å². The van der Waals surface area contributed by atoms with Crippen LogP contribution in [0, 0.1) is 11.6 Å². The maximum absolute atomic E-state index is 13.4. The van der Waals surface area contributed by atoms with Gasteiger partial charge in [-0.2, -0.15) is 4.98 Å². The lowest BCUT2D eigenvalue weighted by Gasteiger charge is -2.31. The van der Waals surface area contributed by atoms with Crippen molar-refractivity contribution < 1.29 is 18.1 Å². The van der Waals surface area contributed by atoms with Crippen LogP contribution in [0.2, 0.25) is 0 Å². The first-order chi connectivity index (χ1) is 13.6. The van der Waals surface area contributed by atoms with Crippen molar-refractivity contribution >= 4 is 5.91 Å². The van der Waals surface area contributed by atoms with Crippen LogP contribution in [-0.4, -0.2) is 39.0 Å². The second kappa shape index (κ2) is 7.84. The quantitative estimate of drug-likeness (QED) is 0.690. The second-order valence-corrected chi connectivity index (χ2v) is 6.80. The summed E-state index contributed by atoms with van der Waals surface area (Å²) in [6.07, 6.45) is 4.99. The van der Waals surface area contributed by atoms with Crippen LogP contribution in [0.4, 0.5) is 8.78 Å². The highest BCUT2D eigenvalue weighted by atomic mass is 19.2. The zero-order chi connectivity index (χ0) is 19.5. The van der Waals surface area contributed by atoms with Gasteiger partial charge in [-0.15, -0.1) is 0 Å². The summed E-state index contributed by atoms with van der Waals surface area (Å²) in [4.78, 5) is 22.8. The predicted molar refractivity (Wildman–Crippen MR) is 96.1 cm³/mol. The molecule has 1 aliphatic heterocycles. The third kappa shape index (κ3) is 3.90. The fraction of sp³-hybridized carbons (Fsp3) is 0.300. The molecule has 2 aromatic heterocycles. The van der Waals surface area contributed by atoms with Crippen molar-refractivity contribution in [3.05, 3.63) is 65.7 Å². The van der Waals surface area contributed by atoms with E-state index in [0.29, 0.717) is 30.4 Å².